The number of nitrogens with zero attached hydrogens (tertiary/aromatic N) is 3. The van der Waals surface area contributed by atoms with E-state index in [-0.39, 0.29) is 18.6 Å². The molecule has 0 saturated carbocycles. The number of imidazole rings is 1. The van der Waals surface area contributed by atoms with Crippen molar-refractivity contribution in [2.45, 2.75) is 53.0 Å². The molecule has 0 aliphatic rings. The van der Waals surface area contributed by atoms with Crippen molar-refractivity contribution in [1.29, 1.82) is 0 Å². The van der Waals surface area contributed by atoms with Gasteiger partial charge in [-0.3, -0.25) is 0 Å². The second kappa shape index (κ2) is 9.92. The lowest BCUT2D eigenvalue weighted by Crippen LogP contribution is -2.18. The minimum absolute atomic E-state index is 0.0689. The van der Waals surface area contributed by atoms with Gasteiger partial charge in [-0.2, -0.15) is 0 Å². The second-order valence-electron chi connectivity index (χ2n) is 8.66. The molecule has 0 aliphatic heterocycles. The van der Waals surface area contributed by atoms with Crippen LogP contribution in [0.1, 0.15) is 71.3 Å². The van der Waals surface area contributed by atoms with Gasteiger partial charge in [-0.15, -0.1) is 0 Å². The molecule has 0 spiro atoms. The van der Waals surface area contributed by atoms with Crippen LogP contribution in [-0.2, 0) is 11.2 Å². The summed E-state index contributed by atoms with van der Waals surface area (Å²) in [6, 6.07) is 12.1. The molecular weight excluding hydrogens is 518 g/mol. The molecule has 2 aromatic heterocycles. The maximum absolute atomic E-state index is 13.0. The molecule has 8 heteroatoms. The number of benzene rings is 2. The molecule has 0 amide bonds. The van der Waals surface area contributed by atoms with Crippen LogP contribution in [0.5, 0.6) is 0 Å². The van der Waals surface area contributed by atoms with Crippen molar-refractivity contribution in [2.75, 3.05) is 6.61 Å². The molecule has 0 saturated heterocycles. The Labute approximate surface area is 212 Å². The fourth-order valence-electron chi connectivity index (χ4n) is 4.41. The summed E-state index contributed by atoms with van der Waals surface area (Å²) >= 11 is 9.78. The molecule has 6 nitrogen and oxygen atoms in total. The van der Waals surface area contributed by atoms with E-state index in [1.165, 1.54) is 0 Å². The van der Waals surface area contributed by atoms with E-state index in [0.29, 0.717) is 21.9 Å². The molecule has 1 unspecified atom stereocenters. The number of aromatic nitrogens is 3. The summed E-state index contributed by atoms with van der Waals surface area (Å²) in [5, 5.41) is 5.78. The number of ether oxygens (including phenoxy) is 1. The van der Waals surface area contributed by atoms with Crippen LogP contribution in [-0.4, -0.2) is 27.3 Å². The van der Waals surface area contributed by atoms with E-state index in [0.717, 1.165) is 39.0 Å². The van der Waals surface area contributed by atoms with Crippen molar-refractivity contribution in [3.63, 3.8) is 0 Å². The lowest BCUT2D eigenvalue weighted by Gasteiger charge is -2.23. The molecule has 34 heavy (non-hydrogen) atoms. The van der Waals surface area contributed by atoms with Gasteiger partial charge < -0.3 is 13.8 Å². The Morgan fingerprint density at radius 1 is 1.21 bits per heavy atom. The molecule has 0 bridgehead atoms. The molecule has 0 aliphatic carbocycles. The zero-order chi connectivity index (χ0) is 24.6. The van der Waals surface area contributed by atoms with Gasteiger partial charge in [-0.05, 0) is 91.9 Å². The third kappa shape index (κ3) is 4.64. The molecule has 4 rings (SSSR count). The number of fused-ring (bicyclic) bond motifs is 1. The van der Waals surface area contributed by atoms with Crippen LogP contribution in [0.2, 0.25) is 5.02 Å². The average Bonchev–Trinajstić information content (AvgIpc) is 3.33. The Hall–Kier alpha value is -2.64. The topological polar surface area (TPSA) is 70.2 Å². The minimum Gasteiger partial charge on any atom is -0.461 e. The molecule has 0 radical (unpaired) electrons. The van der Waals surface area contributed by atoms with Gasteiger partial charge in [0.1, 0.15) is 0 Å². The SMILES string of the molecule is CCOC(=O)c1nc(Br)n(C(C)C)c1C(Cc1cc(C)c2onc(C)c2c1)c1ccc(Cl)cc1. The fraction of sp³-hybridized carbons (Fsp3) is 0.346. The van der Waals surface area contributed by atoms with E-state index < -0.39 is 5.97 Å². The quantitative estimate of drug-likeness (QED) is 0.230. The zero-order valence-electron chi connectivity index (χ0n) is 19.9. The number of hydrogen-bond donors (Lipinski definition) is 0. The summed E-state index contributed by atoms with van der Waals surface area (Å²) in [6.45, 7) is 10.2. The van der Waals surface area contributed by atoms with Gasteiger partial charge in [0.05, 0.1) is 18.0 Å². The number of esters is 1. The zero-order valence-corrected chi connectivity index (χ0v) is 22.2. The van der Waals surface area contributed by atoms with Crippen molar-refractivity contribution in [2.24, 2.45) is 0 Å². The van der Waals surface area contributed by atoms with Crippen molar-refractivity contribution in [1.82, 2.24) is 14.7 Å². The minimum atomic E-state index is -0.432. The fourth-order valence-corrected chi connectivity index (χ4v) is 5.32. The van der Waals surface area contributed by atoms with Crippen LogP contribution < -0.4 is 0 Å². The third-order valence-electron chi connectivity index (χ3n) is 5.93. The summed E-state index contributed by atoms with van der Waals surface area (Å²) in [5.74, 6) is -0.604. The van der Waals surface area contributed by atoms with Gasteiger partial charge in [0, 0.05) is 22.4 Å². The Bertz CT molecular complexity index is 1340. The highest BCUT2D eigenvalue weighted by molar-refractivity contribution is 9.10. The molecule has 1 atom stereocenters. The summed E-state index contributed by atoms with van der Waals surface area (Å²) in [7, 11) is 0. The predicted molar refractivity (Wildman–Crippen MR) is 137 cm³/mol. The lowest BCUT2D eigenvalue weighted by atomic mass is 9.87. The van der Waals surface area contributed by atoms with Gasteiger partial charge in [0.2, 0.25) is 0 Å². The summed E-state index contributed by atoms with van der Waals surface area (Å²) < 4.78 is 13.5. The van der Waals surface area contributed by atoms with Gasteiger partial charge in [-0.25, -0.2) is 9.78 Å². The molecule has 0 N–H and O–H groups in total. The van der Waals surface area contributed by atoms with Crippen LogP contribution in [0.15, 0.2) is 45.7 Å². The number of halogens is 2. The van der Waals surface area contributed by atoms with Crippen LogP contribution >= 0.6 is 27.5 Å². The van der Waals surface area contributed by atoms with E-state index >= 15 is 0 Å². The molecular formula is C26H27BrClN3O3. The number of carbonyl (C=O) groups excluding carboxylic acids is 1. The van der Waals surface area contributed by atoms with Crippen LogP contribution in [0.25, 0.3) is 11.0 Å². The van der Waals surface area contributed by atoms with Gasteiger partial charge in [-0.1, -0.05) is 35.0 Å². The standard InChI is InChI=1S/C26H27BrClN3O3/c1-6-33-25(32)22-23(31(14(2)3)26(27)29-22)21(18-7-9-19(28)10-8-18)13-17-11-15(4)24-20(12-17)16(5)30-34-24/h7-12,14,21H,6,13H2,1-5H3. The summed E-state index contributed by atoms with van der Waals surface area (Å²) in [5.41, 5.74) is 5.94. The van der Waals surface area contributed by atoms with Gasteiger partial charge in [0.15, 0.2) is 16.0 Å². The largest absolute Gasteiger partial charge is 0.461 e. The lowest BCUT2D eigenvalue weighted by molar-refractivity contribution is 0.0518. The highest BCUT2D eigenvalue weighted by atomic mass is 79.9. The maximum atomic E-state index is 13.0. The maximum Gasteiger partial charge on any atom is 0.358 e. The summed E-state index contributed by atoms with van der Waals surface area (Å²) in [6.07, 6.45) is 0.639. The van der Waals surface area contributed by atoms with Crippen LogP contribution in [0.4, 0.5) is 0 Å². The monoisotopic (exact) mass is 543 g/mol. The van der Waals surface area contributed by atoms with E-state index in [9.17, 15) is 4.79 Å². The summed E-state index contributed by atoms with van der Waals surface area (Å²) in [4.78, 5) is 17.6. The number of aryl methyl sites for hydroxylation is 2. The number of carbonyl (C=O) groups is 1. The first-order valence-electron chi connectivity index (χ1n) is 11.3. The van der Waals surface area contributed by atoms with E-state index in [1.807, 2.05) is 38.1 Å². The van der Waals surface area contributed by atoms with Crippen LogP contribution in [0.3, 0.4) is 0 Å². The van der Waals surface area contributed by atoms with Crippen molar-refractivity contribution in [3.8, 4) is 0 Å². The van der Waals surface area contributed by atoms with Crippen molar-refractivity contribution >= 4 is 44.5 Å². The molecule has 178 valence electrons. The highest BCUT2D eigenvalue weighted by Gasteiger charge is 2.31. The first-order valence-corrected chi connectivity index (χ1v) is 12.4. The molecule has 0 fully saturated rings. The van der Waals surface area contributed by atoms with E-state index in [4.69, 9.17) is 20.9 Å². The Morgan fingerprint density at radius 3 is 2.56 bits per heavy atom. The van der Waals surface area contributed by atoms with E-state index in [2.05, 4.69) is 56.6 Å². The Kier molecular flexibility index (Phi) is 7.14. The van der Waals surface area contributed by atoms with E-state index in [1.54, 1.807) is 6.92 Å². The second-order valence-corrected chi connectivity index (χ2v) is 9.81. The van der Waals surface area contributed by atoms with Gasteiger partial charge in [0.25, 0.3) is 0 Å². The van der Waals surface area contributed by atoms with Crippen molar-refractivity contribution in [3.05, 3.63) is 79.9 Å². The normalized spacial score (nSPS) is 12.5. The third-order valence-corrected chi connectivity index (χ3v) is 6.74. The Morgan fingerprint density at radius 2 is 1.91 bits per heavy atom. The number of hydrogen-bond acceptors (Lipinski definition) is 5. The first-order chi connectivity index (χ1) is 16.2. The average molecular weight is 545 g/mol. The molecule has 2 aromatic carbocycles. The van der Waals surface area contributed by atoms with Crippen molar-refractivity contribution < 1.29 is 14.1 Å². The molecule has 4 aromatic rings. The van der Waals surface area contributed by atoms with Crippen LogP contribution in [0, 0.1) is 13.8 Å². The van der Waals surface area contributed by atoms with Gasteiger partial charge >= 0.3 is 5.97 Å². The Balaban J connectivity index is 1.93. The highest BCUT2D eigenvalue weighted by Crippen LogP contribution is 2.37. The smallest absolute Gasteiger partial charge is 0.358 e. The number of rotatable bonds is 7. The molecule has 2 heterocycles. The predicted octanol–water partition coefficient (Wildman–Crippen LogP) is 7.19. The first kappa shape index (κ1) is 24.5.